The quantitative estimate of drug-likeness (QED) is 0.782. The summed E-state index contributed by atoms with van der Waals surface area (Å²) in [5, 5.41) is 0. The van der Waals surface area contributed by atoms with Gasteiger partial charge in [-0.05, 0) is 13.8 Å². The number of nitrogens with zero attached hydrogens (tertiary/aromatic N) is 3. The van der Waals surface area contributed by atoms with Crippen molar-refractivity contribution in [2.24, 2.45) is 0 Å². The fourth-order valence-corrected chi connectivity index (χ4v) is 2.31. The fourth-order valence-electron chi connectivity index (χ4n) is 2.13. The van der Waals surface area contributed by atoms with Crippen LogP contribution in [0.1, 0.15) is 12.5 Å². The normalized spacial score (nSPS) is 24.1. The van der Waals surface area contributed by atoms with E-state index < -0.39 is 0 Å². The topological polar surface area (TPSA) is 47.5 Å². The predicted octanol–water partition coefficient (Wildman–Crippen LogP) is 1.63. The van der Waals surface area contributed by atoms with Gasteiger partial charge in [-0.15, -0.1) is 11.6 Å². The molecule has 2 unspecified atom stereocenters. The van der Waals surface area contributed by atoms with Crippen LogP contribution in [0, 0.1) is 6.92 Å². The zero-order chi connectivity index (χ0) is 13.1. The standard InChI is InChI=1S/C12H18ClN3O2/c1-8-6-18-10(4-13)5-16(8)11-9(2)12(17-3)15-7-14-11/h7-8,10H,4-6H2,1-3H3. The van der Waals surface area contributed by atoms with Crippen molar-refractivity contribution in [1.82, 2.24) is 9.97 Å². The van der Waals surface area contributed by atoms with Crippen LogP contribution in [0.3, 0.4) is 0 Å². The molecule has 0 spiro atoms. The highest BCUT2D eigenvalue weighted by Gasteiger charge is 2.28. The van der Waals surface area contributed by atoms with Gasteiger partial charge in [-0.1, -0.05) is 0 Å². The van der Waals surface area contributed by atoms with Crippen LogP contribution in [0.4, 0.5) is 5.82 Å². The van der Waals surface area contributed by atoms with E-state index in [1.807, 2.05) is 6.92 Å². The lowest BCUT2D eigenvalue weighted by atomic mass is 10.2. The molecule has 0 radical (unpaired) electrons. The van der Waals surface area contributed by atoms with E-state index in [0.717, 1.165) is 17.9 Å². The van der Waals surface area contributed by atoms with Gasteiger partial charge >= 0.3 is 0 Å². The van der Waals surface area contributed by atoms with Crippen molar-refractivity contribution in [2.45, 2.75) is 26.0 Å². The summed E-state index contributed by atoms with van der Waals surface area (Å²) in [6.45, 7) is 5.47. The van der Waals surface area contributed by atoms with Crippen LogP contribution >= 0.6 is 11.6 Å². The zero-order valence-corrected chi connectivity index (χ0v) is 11.6. The molecule has 1 aromatic heterocycles. The summed E-state index contributed by atoms with van der Waals surface area (Å²) < 4.78 is 10.9. The van der Waals surface area contributed by atoms with Crippen molar-refractivity contribution in [3.8, 4) is 5.88 Å². The van der Waals surface area contributed by atoms with Crippen molar-refractivity contribution in [3.05, 3.63) is 11.9 Å². The number of aromatic nitrogens is 2. The lowest BCUT2D eigenvalue weighted by molar-refractivity contribution is 0.0360. The van der Waals surface area contributed by atoms with E-state index in [4.69, 9.17) is 21.1 Å². The van der Waals surface area contributed by atoms with E-state index >= 15 is 0 Å². The molecule has 5 nitrogen and oxygen atoms in total. The highest BCUT2D eigenvalue weighted by molar-refractivity contribution is 6.18. The van der Waals surface area contributed by atoms with Crippen molar-refractivity contribution in [1.29, 1.82) is 0 Å². The van der Waals surface area contributed by atoms with Crippen molar-refractivity contribution < 1.29 is 9.47 Å². The molecule has 6 heteroatoms. The van der Waals surface area contributed by atoms with Gasteiger partial charge in [0.2, 0.25) is 5.88 Å². The van der Waals surface area contributed by atoms with E-state index in [1.54, 1.807) is 7.11 Å². The molecule has 0 aromatic carbocycles. The average Bonchev–Trinajstić information content (AvgIpc) is 2.40. The minimum atomic E-state index is 0.0447. The maximum Gasteiger partial charge on any atom is 0.221 e. The number of ether oxygens (including phenoxy) is 2. The second-order valence-electron chi connectivity index (χ2n) is 4.44. The van der Waals surface area contributed by atoms with Crippen LogP contribution in [0.25, 0.3) is 0 Å². The van der Waals surface area contributed by atoms with Crippen molar-refractivity contribution in [2.75, 3.05) is 31.0 Å². The SMILES string of the molecule is COc1ncnc(N2CC(CCl)OCC2C)c1C. The van der Waals surface area contributed by atoms with Crippen LogP contribution < -0.4 is 9.64 Å². The molecule has 2 rings (SSSR count). The first-order valence-electron chi connectivity index (χ1n) is 5.97. The Morgan fingerprint density at radius 3 is 3.00 bits per heavy atom. The molecular formula is C12H18ClN3O2. The Morgan fingerprint density at radius 2 is 2.33 bits per heavy atom. The zero-order valence-electron chi connectivity index (χ0n) is 10.9. The molecule has 1 aliphatic heterocycles. The third-order valence-corrected chi connectivity index (χ3v) is 3.50. The van der Waals surface area contributed by atoms with Gasteiger partial charge < -0.3 is 14.4 Å². The van der Waals surface area contributed by atoms with Gasteiger partial charge in [0.05, 0.1) is 37.3 Å². The number of methoxy groups -OCH3 is 1. The van der Waals surface area contributed by atoms with Gasteiger partial charge in [0.15, 0.2) is 0 Å². The second-order valence-corrected chi connectivity index (χ2v) is 4.75. The molecule has 2 heterocycles. The molecule has 0 amide bonds. The molecule has 18 heavy (non-hydrogen) atoms. The van der Waals surface area contributed by atoms with Crippen molar-refractivity contribution >= 4 is 17.4 Å². The first-order chi connectivity index (χ1) is 8.67. The summed E-state index contributed by atoms with van der Waals surface area (Å²) in [6.07, 6.45) is 1.57. The van der Waals surface area contributed by atoms with Gasteiger partial charge in [0.1, 0.15) is 12.1 Å². The van der Waals surface area contributed by atoms with Gasteiger partial charge in [-0.2, -0.15) is 0 Å². The molecule has 0 saturated carbocycles. The van der Waals surface area contributed by atoms with Gasteiger partial charge in [0.25, 0.3) is 0 Å². The minimum Gasteiger partial charge on any atom is -0.481 e. The Morgan fingerprint density at radius 1 is 1.56 bits per heavy atom. The van der Waals surface area contributed by atoms with E-state index in [0.29, 0.717) is 18.4 Å². The van der Waals surface area contributed by atoms with E-state index in [-0.39, 0.29) is 12.1 Å². The summed E-state index contributed by atoms with van der Waals surface area (Å²) in [6, 6.07) is 0.266. The van der Waals surface area contributed by atoms with Gasteiger partial charge in [-0.3, -0.25) is 0 Å². The highest BCUT2D eigenvalue weighted by atomic mass is 35.5. The minimum absolute atomic E-state index is 0.0447. The molecule has 100 valence electrons. The molecule has 0 bridgehead atoms. The van der Waals surface area contributed by atoms with Crippen LogP contribution in [0.5, 0.6) is 5.88 Å². The summed E-state index contributed by atoms with van der Waals surface area (Å²) >= 11 is 5.87. The summed E-state index contributed by atoms with van der Waals surface area (Å²) in [4.78, 5) is 10.7. The first-order valence-corrected chi connectivity index (χ1v) is 6.50. The summed E-state index contributed by atoms with van der Waals surface area (Å²) in [5.74, 6) is 2.00. The van der Waals surface area contributed by atoms with E-state index in [1.165, 1.54) is 6.33 Å². The third-order valence-electron chi connectivity index (χ3n) is 3.15. The Kier molecular flexibility index (Phi) is 4.24. The van der Waals surface area contributed by atoms with Gasteiger partial charge in [-0.25, -0.2) is 9.97 Å². The Bertz CT molecular complexity index is 416. The lowest BCUT2D eigenvalue weighted by Crippen LogP contribution is -2.49. The van der Waals surface area contributed by atoms with Crippen LogP contribution in [-0.4, -0.2) is 48.3 Å². The maximum absolute atomic E-state index is 5.87. The lowest BCUT2D eigenvalue weighted by Gasteiger charge is -2.38. The monoisotopic (exact) mass is 271 g/mol. The molecule has 1 fully saturated rings. The van der Waals surface area contributed by atoms with Crippen LogP contribution in [-0.2, 0) is 4.74 Å². The number of anilines is 1. The van der Waals surface area contributed by atoms with E-state index in [2.05, 4.69) is 21.8 Å². The first kappa shape index (κ1) is 13.4. The summed E-state index contributed by atoms with van der Waals surface area (Å²) in [7, 11) is 1.61. The predicted molar refractivity (Wildman–Crippen MR) is 70.6 cm³/mol. The number of hydrogen-bond donors (Lipinski definition) is 0. The van der Waals surface area contributed by atoms with Gasteiger partial charge in [0, 0.05) is 6.54 Å². The molecule has 1 aromatic rings. The molecule has 1 aliphatic rings. The highest BCUT2D eigenvalue weighted by Crippen LogP contribution is 2.27. The second kappa shape index (κ2) is 5.71. The maximum atomic E-state index is 5.87. The average molecular weight is 272 g/mol. The Hall–Kier alpha value is -1.07. The fraction of sp³-hybridized carbons (Fsp3) is 0.667. The molecule has 0 N–H and O–H groups in total. The van der Waals surface area contributed by atoms with Crippen LogP contribution in [0.2, 0.25) is 0 Å². The third kappa shape index (κ3) is 2.52. The number of hydrogen-bond acceptors (Lipinski definition) is 5. The Balaban J connectivity index is 2.28. The number of morpholine rings is 1. The Labute approximate surface area is 112 Å². The largest absolute Gasteiger partial charge is 0.481 e. The number of rotatable bonds is 3. The molecule has 0 aliphatic carbocycles. The molecule has 2 atom stereocenters. The number of halogens is 1. The molecule has 1 saturated heterocycles. The van der Waals surface area contributed by atoms with Crippen molar-refractivity contribution in [3.63, 3.8) is 0 Å². The van der Waals surface area contributed by atoms with E-state index in [9.17, 15) is 0 Å². The molecular weight excluding hydrogens is 254 g/mol. The number of alkyl halides is 1. The van der Waals surface area contributed by atoms with Crippen LogP contribution in [0.15, 0.2) is 6.33 Å². The smallest absolute Gasteiger partial charge is 0.221 e. The summed E-state index contributed by atoms with van der Waals surface area (Å²) in [5.41, 5.74) is 0.946.